The Bertz CT molecular complexity index is 1110. The smallest absolute Gasteiger partial charge is 0.407 e. The number of carboxylic acid groups (broad SMARTS) is 1. The maximum Gasteiger partial charge on any atom is 0.407 e. The zero-order valence-electron chi connectivity index (χ0n) is 20.1. The van der Waals surface area contributed by atoms with Gasteiger partial charge in [-0.3, -0.25) is 9.59 Å². The molecule has 3 amide bonds. The number of thioether (sulfide) groups is 1. The summed E-state index contributed by atoms with van der Waals surface area (Å²) < 4.78 is 9.13. The number of aliphatic carboxylic acids is 1. The van der Waals surface area contributed by atoms with Crippen molar-refractivity contribution in [1.82, 2.24) is 24.9 Å². The van der Waals surface area contributed by atoms with Crippen molar-refractivity contribution in [2.45, 2.75) is 56.4 Å². The van der Waals surface area contributed by atoms with Crippen molar-refractivity contribution in [3.8, 4) is 0 Å². The number of aromatic nitrogens is 2. The topological polar surface area (TPSA) is 198 Å². The van der Waals surface area contributed by atoms with E-state index in [1.165, 1.54) is 18.0 Å². The Labute approximate surface area is 214 Å². The first-order valence-corrected chi connectivity index (χ1v) is 12.5. The minimum atomic E-state index is -1.37. The van der Waals surface area contributed by atoms with Gasteiger partial charge in [-0.2, -0.15) is 9.36 Å². The van der Waals surface area contributed by atoms with Crippen LogP contribution in [0.2, 0.25) is 0 Å². The minimum Gasteiger partial charge on any atom is -0.478 e. The molecule has 3 heterocycles. The molecule has 2 atom stereocenters. The van der Waals surface area contributed by atoms with Crippen LogP contribution in [0.15, 0.2) is 16.9 Å². The van der Waals surface area contributed by atoms with Gasteiger partial charge in [0.25, 0.3) is 5.91 Å². The van der Waals surface area contributed by atoms with Gasteiger partial charge in [0.05, 0.1) is 17.4 Å². The lowest BCUT2D eigenvalue weighted by atomic mass is 10.1. The summed E-state index contributed by atoms with van der Waals surface area (Å²) in [6.07, 6.45) is 1.25. The van der Waals surface area contributed by atoms with Gasteiger partial charge in [0.2, 0.25) is 17.4 Å². The van der Waals surface area contributed by atoms with Gasteiger partial charge < -0.3 is 35.9 Å². The zero-order valence-corrected chi connectivity index (χ0v) is 21.7. The van der Waals surface area contributed by atoms with Gasteiger partial charge in [-0.25, -0.2) is 9.59 Å². The van der Waals surface area contributed by atoms with Gasteiger partial charge >= 0.3 is 12.1 Å². The second-order valence-electron chi connectivity index (χ2n) is 8.92. The molecule has 0 aliphatic carbocycles. The van der Waals surface area contributed by atoms with E-state index in [1.54, 1.807) is 20.8 Å². The van der Waals surface area contributed by atoms with Crippen molar-refractivity contribution in [1.29, 1.82) is 0 Å². The first-order chi connectivity index (χ1) is 16.8. The first-order valence-electron chi connectivity index (χ1n) is 10.8. The van der Waals surface area contributed by atoms with Crippen molar-refractivity contribution in [3.63, 3.8) is 0 Å². The molecular weight excluding hydrogens is 514 g/mol. The van der Waals surface area contributed by atoms with E-state index in [2.05, 4.69) is 25.1 Å². The van der Waals surface area contributed by atoms with Gasteiger partial charge in [-0.1, -0.05) is 5.16 Å². The highest BCUT2D eigenvalue weighted by atomic mass is 32.2. The number of carbonyl (C=O) groups is 4. The molecule has 0 aromatic carbocycles. The maximum absolute atomic E-state index is 13.2. The molecule has 0 saturated carbocycles. The summed E-state index contributed by atoms with van der Waals surface area (Å²) in [6, 6.07) is 0. The number of nitrogens with zero attached hydrogens (tertiary/aromatic N) is 4. The number of carboxylic acids is 1. The Morgan fingerprint density at radius 1 is 1.39 bits per heavy atom. The highest BCUT2D eigenvalue weighted by molar-refractivity contribution is 8.01. The average molecular weight is 542 g/mol. The standard InChI is InChI=1S/C20H27N7O7S2/c1-19(2,3)34-18(32)22-6-5-7-33-25-13(14-23-17(21)36-26-14)15(29)24-20(4)10(16(30)31)9-27-11(28)8-12(27)35-20/h9,12H,5-8H2,1-4H3,(H,22,32)(H,24,29)(H,30,31)(H2,21,23,26)/t12-,20?/m1/s1. The summed E-state index contributed by atoms with van der Waals surface area (Å²) in [5, 5.41) is 18.6. The number of hydrogen-bond acceptors (Lipinski definition) is 12. The molecule has 0 spiro atoms. The number of amides is 3. The van der Waals surface area contributed by atoms with E-state index in [0.29, 0.717) is 6.42 Å². The largest absolute Gasteiger partial charge is 0.478 e. The minimum absolute atomic E-state index is 0.0393. The van der Waals surface area contributed by atoms with Crippen LogP contribution in [0.5, 0.6) is 0 Å². The van der Waals surface area contributed by atoms with Gasteiger partial charge in [-0.15, -0.1) is 11.8 Å². The van der Waals surface area contributed by atoms with Gasteiger partial charge in [0.1, 0.15) is 17.1 Å². The number of nitrogens with one attached hydrogen (secondary N) is 2. The zero-order chi connectivity index (χ0) is 26.7. The van der Waals surface area contributed by atoms with Gasteiger partial charge in [0.15, 0.2) is 5.13 Å². The van der Waals surface area contributed by atoms with Crippen LogP contribution in [0.1, 0.15) is 46.4 Å². The molecule has 0 radical (unpaired) electrons. The second kappa shape index (κ2) is 10.7. The predicted molar refractivity (Wildman–Crippen MR) is 131 cm³/mol. The van der Waals surface area contributed by atoms with Crippen molar-refractivity contribution < 1.29 is 33.9 Å². The van der Waals surface area contributed by atoms with Crippen LogP contribution in [0.3, 0.4) is 0 Å². The van der Waals surface area contributed by atoms with E-state index >= 15 is 0 Å². The van der Waals surface area contributed by atoms with Crippen molar-refractivity contribution in [3.05, 3.63) is 17.6 Å². The number of nitrogen functional groups attached to an aromatic ring is 1. The Morgan fingerprint density at radius 2 is 2.11 bits per heavy atom. The summed E-state index contributed by atoms with van der Waals surface area (Å²) in [4.78, 5) is 57.7. The third-order valence-corrected chi connectivity index (χ3v) is 6.79. The lowest BCUT2D eigenvalue weighted by molar-refractivity contribution is -0.138. The van der Waals surface area contributed by atoms with E-state index in [0.717, 1.165) is 23.3 Å². The van der Waals surface area contributed by atoms with Crippen LogP contribution in [0, 0.1) is 0 Å². The second-order valence-corrected chi connectivity index (χ2v) is 11.3. The summed E-state index contributed by atoms with van der Waals surface area (Å²) in [7, 11) is 0. The molecule has 1 unspecified atom stereocenters. The van der Waals surface area contributed by atoms with Crippen LogP contribution in [-0.2, 0) is 24.0 Å². The normalized spacial score (nSPS) is 21.6. The number of rotatable bonds is 9. The number of ether oxygens (including phenoxy) is 1. The Kier molecular flexibility index (Phi) is 8.08. The summed E-state index contributed by atoms with van der Waals surface area (Å²) in [6.45, 7) is 7.06. The number of hydrogen-bond donors (Lipinski definition) is 4. The molecule has 3 rings (SSSR count). The molecule has 2 aliphatic heterocycles. The number of nitrogens with two attached hydrogens (primary N) is 1. The molecule has 1 saturated heterocycles. The summed E-state index contributed by atoms with van der Waals surface area (Å²) in [5.41, 5.74) is 4.55. The lowest BCUT2D eigenvalue weighted by Crippen LogP contribution is -2.59. The highest BCUT2D eigenvalue weighted by Crippen LogP contribution is 2.45. The van der Waals surface area contributed by atoms with Crippen LogP contribution < -0.4 is 16.4 Å². The molecule has 36 heavy (non-hydrogen) atoms. The fourth-order valence-corrected chi connectivity index (χ4v) is 5.07. The number of carbonyl (C=O) groups excluding carboxylic acids is 3. The molecule has 196 valence electrons. The van der Waals surface area contributed by atoms with E-state index in [1.807, 2.05) is 0 Å². The fraction of sp³-hybridized carbons (Fsp3) is 0.550. The van der Waals surface area contributed by atoms with Crippen molar-refractivity contribution >= 4 is 58.0 Å². The van der Waals surface area contributed by atoms with E-state index in [4.69, 9.17) is 15.3 Å². The molecule has 2 aliphatic rings. The van der Waals surface area contributed by atoms with Crippen LogP contribution in [0.25, 0.3) is 0 Å². The molecule has 0 bridgehead atoms. The lowest BCUT2D eigenvalue weighted by Gasteiger charge is -2.47. The van der Waals surface area contributed by atoms with Gasteiger partial charge in [0, 0.05) is 30.7 Å². The predicted octanol–water partition coefficient (Wildman–Crippen LogP) is 0.862. The molecule has 1 aromatic heterocycles. The molecular formula is C20H27N7O7S2. The summed E-state index contributed by atoms with van der Waals surface area (Å²) in [5.74, 6) is -2.36. The molecule has 1 fully saturated rings. The van der Waals surface area contributed by atoms with Gasteiger partial charge in [-0.05, 0) is 27.7 Å². The van der Waals surface area contributed by atoms with Crippen LogP contribution in [0.4, 0.5) is 9.93 Å². The number of β-lactam (4-membered cyclic amide) rings is 1. The summed E-state index contributed by atoms with van der Waals surface area (Å²) >= 11 is 1.97. The average Bonchev–Trinajstić information content (AvgIpc) is 3.16. The van der Waals surface area contributed by atoms with E-state index < -0.39 is 28.4 Å². The van der Waals surface area contributed by atoms with E-state index in [9.17, 15) is 24.3 Å². The van der Waals surface area contributed by atoms with Crippen molar-refractivity contribution in [2.24, 2.45) is 5.16 Å². The van der Waals surface area contributed by atoms with Crippen molar-refractivity contribution in [2.75, 3.05) is 18.9 Å². The highest BCUT2D eigenvalue weighted by Gasteiger charge is 2.50. The number of oxime groups is 1. The third-order valence-electron chi connectivity index (χ3n) is 4.79. The molecule has 14 nitrogen and oxygen atoms in total. The van der Waals surface area contributed by atoms with Crippen LogP contribution in [-0.4, -0.2) is 78.0 Å². The van der Waals surface area contributed by atoms with Crippen LogP contribution >= 0.6 is 23.3 Å². The Hall–Kier alpha value is -3.40. The third kappa shape index (κ3) is 6.63. The quantitative estimate of drug-likeness (QED) is 0.150. The Balaban J connectivity index is 1.67. The molecule has 5 N–H and O–H groups in total. The maximum atomic E-state index is 13.2. The number of alkyl carbamates (subject to hydrolysis) is 1. The number of fused-ring (bicyclic) bond motifs is 1. The van der Waals surface area contributed by atoms with E-state index in [-0.39, 0.29) is 53.1 Å². The molecule has 1 aromatic rings. The first kappa shape index (κ1) is 27.2. The number of anilines is 1. The fourth-order valence-electron chi connectivity index (χ4n) is 3.15. The SMILES string of the molecule is CC(C)(C)OC(=O)NCCCON=C(C(=O)NC1(C)S[C@@H]2CC(=O)N2C=C1C(=O)O)c1nsc(N)n1. The molecule has 16 heteroatoms. The Morgan fingerprint density at radius 3 is 2.69 bits per heavy atom. The monoisotopic (exact) mass is 541 g/mol.